The molecule has 0 saturated carbocycles. The molecule has 1 rings (SSSR count). The molecule has 1 aromatic carbocycles. The summed E-state index contributed by atoms with van der Waals surface area (Å²) in [6.45, 7) is 5.36. The fraction of sp³-hybridized carbons (Fsp3) is 0.526. The van der Waals surface area contributed by atoms with Gasteiger partial charge in [-0.05, 0) is 30.4 Å². The van der Waals surface area contributed by atoms with Gasteiger partial charge in [0.25, 0.3) is 0 Å². The maximum atomic E-state index is 11.3. The van der Waals surface area contributed by atoms with E-state index in [0.29, 0.717) is 6.54 Å². The molecular formula is C19H32IN3O2S. The Morgan fingerprint density at radius 2 is 1.81 bits per heavy atom. The normalized spacial score (nSPS) is 11.6. The summed E-state index contributed by atoms with van der Waals surface area (Å²) < 4.78 is 22.6. The molecule has 0 aliphatic rings. The van der Waals surface area contributed by atoms with Crippen LogP contribution < -0.4 is 5.32 Å². The zero-order chi connectivity index (χ0) is 18.7. The second-order valence-electron chi connectivity index (χ2n) is 6.35. The third kappa shape index (κ3) is 10.8. The number of guanidine groups is 1. The third-order valence-electron chi connectivity index (χ3n) is 3.88. The third-order valence-corrected chi connectivity index (χ3v) is 4.74. The Labute approximate surface area is 175 Å². The number of aliphatic imine (C=N–C) groups is 1. The quantitative estimate of drug-likeness (QED) is 0.178. The number of rotatable bonds is 10. The molecule has 26 heavy (non-hydrogen) atoms. The van der Waals surface area contributed by atoms with E-state index in [1.54, 1.807) is 7.05 Å². The number of sulfone groups is 1. The molecule has 0 atom stereocenters. The molecule has 0 fully saturated rings. The molecule has 1 aromatic rings. The number of allylic oxidation sites excluding steroid dienone is 1. The minimum absolute atomic E-state index is 0. The van der Waals surface area contributed by atoms with Gasteiger partial charge in [0, 0.05) is 33.4 Å². The molecule has 0 heterocycles. The van der Waals surface area contributed by atoms with Gasteiger partial charge in [-0.2, -0.15) is 0 Å². The fourth-order valence-electron chi connectivity index (χ4n) is 2.54. The predicted octanol–water partition coefficient (Wildman–Crippen LogP) is 3.60. The van der Waals surface area contributed by atoms with E-state index in [1.165, 1.54) is 19.1 Å². The highest BCUT2D eigenvalue weighted by Gasteiger charge is 2.07. The average molecular weight is 493 g/mol. The number of unbranched alkanes of at least 4 members (excludes halogenated alkanes) is 3. The van der Waals surface area contributed by atoms with E-state index >= 15 is 0 Å². The van der Waals surface area contributed by atoms with E-state index in [4.69, 9.17) is 0 Å². The number of hydrogen-bond acceptors (Lipinski definition) is 3. The van der Waals surface area contributed by atoms with Gasteiger partial charge < -0.3 is 10.2 Å². The Morgan fingerprint density at radius 1 is 1.19 bits per heavy atom. The first-order chi connectivity index (χ1) is 11.9. The molecule has 0 spiro atoms. The smallest absolute Gasteiger partial charge is 0.193 e. The first-order valence-electron chi connectivity index (χ1n) is 8.64. The van der Waals surface area contributed by atoms with Crippen molar-refractivity contribution < 1.29 is 8.42 Å². The molecule has 0 bridgehead atoms. The summed E-state index contributed by atoms with van der Waals surface area (Å²) in [7, 11) is 0.830. The van der Waals surface area contributed by atoms with Crippen LogP contribution in [0.2, 0.25) is 0 Å². The Balaban J connectivity index is 0.00000625. The molecule has 0 unspecified atom stereocenters. The van der Waals surface area contributed by atoms with Crippen molar-refractivity contribution in [2.24, 2.45) is 4.99 Å². The maximum absolute atomic E-state index is 11.3. The summed E-state index contributed by atoms with van der Waals surface area (Å²) in [6, 6.07) is 7.64. The van der Waals surface area contributed by atoms with Gasteiger partial charge in [-0.1, -0.05) is 36.8 Å². The van der Waals surface area contributed by atoms with Crippen molar-refractivity contribution in [1.82, 2.24) is 10.2 Å². The summed E-state index contributed by atoms with van der Waals surface area (Å²) in [5, 5.41) is 3.35. The minimum Gasteiger partial charge on any atom is -0.352 e. The first kappa shape index (κ1) is 24.9. The lowest BCUT2D eigenvalue weighted by molar-refractivity contribution is 0.455. The van der Waals surface area contributed by atoms with E-state index in [0.717, 1.165) is 36.5 Å². The van der Waals surface area contributed by atoms with Gasteiger partial charge in [0.2, 0.25) is 0 Å². The van der Waals surface area contributed by atoms with Crippen LogP contribution in [0.5, 0.6) is 0 Å². The molecular weight excluding hydrogens is 461 g/mol. The lowest BCUT2D eigenvalue weighted by Gasteiger charge is -2.22. The van der Waals surface area contributed by atoms with Crippen molar-refractivity contribution in [3.8, 4) is 0 Å². The Hall–Kier alpha value is -1.09. The van der Waals surface area contributed by atoms with Crippen LogP contribution in [-0.2, 0) is 22.1 Å². The molecule has 0 radical (unpaired) electrons. The van der Waals surface area contributed by atoms with Crippen LogP contribution in [0, 0.1) is 0 Å². The molecule has 0 aliphatic heterocycles. The van der Waals surface area contributed by atoms with Gasteiger partial charge in [0.15, 0.2) is 15.8 Å². The average Bonchev–Trinajstić information content (AvgIpc) is 2.55. The van der Waals surface area contributed by atoms with Crippen molar-refractivity contribution in [1.29, 1.82) is 0 Å². The van der Waals surface area contributed by atoms with Crippen LogP contribution in [0.25, 0.3) is 0 Å². The second-order valence-corrected chi connectivity index (χ2v) is 8.49. The van der Waals surface area contributed by atoms with Crippen LogP contribution in [-0.4, -0.2) is 46.2 Å². The molecule has 0 saturated heterocycles. The van der Waals surface area contributed by atoms with Gasteiger partial charge in [-0.25, -0.2) is 8.42 Å². The molecule has 0 aromatic heterocycles. The summed E-state index contributed by atoms with van der Waals surface area (Å²) >= 11 is 0. The van der Waals surface area contributed by atoms with Gasteiger partial charge in [0.1, 0.15) is 0 Å². The van der Waals surface area contributed by atoms with Crippen molar-refractivity contribution >= 4 is 39.8 Å². The summed E-state index contributed by atoms with van der Waals surface area (Å²) in [5.41, 5.74) is 1.91. The zero-order valence-corrected chi connectivity index (χ0v) is 19.2. The number of nitrogens with zero attached hydrogens (tertiary/aromatic N) is 2. The lowest BCUT2D eigenvalue weighted by atomic mass is 10.1. The van der Waals surface area contributed by atoms with Crippen molar-refractivity contribution in [2.75, 3.05) is 26.9 Å². The Bertz CT molecular complexity index is 658. The van der Waals surface area contributed by atoms with E-state index in [-0.39, 0.29) is 29.7 Å². The maximum Gasteiger partial charge on any atom is 0.193 e. The summed E-state index contributed by atoms with van der Waals surface area (Å²) in [5.74, 6) is 0.945. The van der Waals surface area contributed by atoms with Crippen LogP contribution in [0.4, 0.5) is 0 Å². The van der Waals surface area contributed by atoms with Gasteiger partial charge in [0.05, 0.1) is 5.75 Å². The van der Waals surface area contributed by atoms with E-state index in [9.17, 15) is 8.42 Å². The zero-order valence-electron chi connectivity index (χ0n) is 16.1. The highest BCUT2D eigenvalue weighted by Crippen LogP contribution is 2.08. The molecule has 0 aliphatic carbocycles. The van der Waals surface area contributed by atoms with Gasteiger partial charge >= 0.3 is 0 Å². The number of nitrogens with one attached hydrogen (secondary N) is 1. The topological polar surface area (TPSA) is 61.8 Å². The van der Waals surface area contributed by atoms with E-state index < -0.39 is 9.84 Å². The van der Waals surface area contributed by atoms with Crippen LogP contribution in [0.3, 0.4) is 0 Å². The number of benzene rings is 1. The highest BCUT2D eigenvalue weighted by molar-refractivity contribution is 14.0. The summed E-state index contributed by atoms with van der Waals surface area (Å²) in [4.78, 5) is 6.45. The van der Waals surface area contributed by atoms with Crippen LogP contribution in [0.1, 0.15) is 36.8 Å². The monoisotopic (exact) mass is 493 g/mol. The highest BCUT2D eigenvalue weighted by atomic mass is 127. The molecule has 0 amide bonds. The van der Waals surface area contributed by atoms with Gasteiger partial charge in [-0.15, -0.1) is 30.6 Å². The Kier molecular flexibility index (Phi) is 12.6. The molecule has 1 N–H and O–H groups in total. The van der Waals surface area contributed by atoms with E-state index in [1.807, 2.05) is 37.4 Å². The first-order valence-corrected chi connectivity index (χ1v) is 10.7. The van der Waals surface area contributed by atoms with Crippen LogP contribution in [0.15, 0.2) is 41.9 Å². The number of halogens is 1. The Morgan fingerprint density at radius 3 is 2.35 bits per heavy atom. The lowest BCUT2D eigenvalue weighted by Crippen LogP contribution is -2.39. The van der Waals surface area contributed by atoms with Crippen molar-refractivity contribution in [3.05, 3.63) is 48.0 Å². The second kappa shape index (κ2) is 13.1. The van der Waals surface area contributed by atoms with E-state index in [2.05, 4.69) is 21.8 Å². The van der Waals surface area contributed by atoms with Crippen molar-refractivity contribution in [3.63, 3.8) is 0 Å². The summed E-state index contributed by atoms with van der Waals surface area (Å²) in [6.07, 6.45) is 7.79. The molecule has 7 heteroatoms. The predicted molar refractivity (Wildman–Crippen MR) is 122 cm³/mol. The fourth-order valence-corrected chi connectivity index (χ4v) is 3.34. The van der Waals surface area contributed by atoms with Crippen molar-refractivity contribution in [2.45, 2.75) is 38.0 Å². The number of hydrogen-bond donors (Lipinski definition) is 1. The molecule has 148 valence electrons. The minimum atomic E-state index is -2.99. The van der Waals surface area contributed by atoms with Crippen LogP contribution >= 0.6 is 24.0 Å². The SMILES string of the molecule is C=CCCCCCN(C)C(=NC)NCc1ccc(CS(C)(=O)=O)cc1.I. The largest absolute Gasteiger partial charge is 0.352 e. The molecule has 5 nitrogen and oxygen atoms in total. The van der Waals surface area contributed by atoms with Gasteiger partial charge in [-0.3, -0.25) is 4.99 Å². The standard InChI is InChI=1S/C19H31N3O2S.HI/c1-5-6-7-8-9-14-22(3)19(20-2)21-15-17-10-12-18(13-11-17)16-25(4,23)24;/h5,10-13H,1,6-9,14-16H2,2-4H3,(H,20,21);1H.